The van der Waals surface area contributed by atoms with Crippen LogP contribution in [-0.2, 0) is 16.2 Å². The molecule has 0 radical (unpaired) electrons. The van der Waals surface area contributed by atoms with Gasteiger partial charge in [0, 0.05) is 32.7 Å². The minimum absolute atomic E-state index is 0.240. The van der Waals surface area contributed by atoms with Gasteiger partial charge in [-0.25, -0.2) is 8.78 Å². The smallest absolute Gasteiger partial charge is 0.305 e. The third-order valence-electron chi connectivity index (χ3n) is 3.35. The molecular formula is C17H19F2NO3S2. The van der Waals surface area contributed by atoms with Crippen molar-refractivity contribution in [2.45, 2.75) is 38.0 Å². The molecule has 2 N–H and O–H groups in total. The summed E-state index contributed by atoms with van der Waals surface area (Å²) in [6.07, 6.45) is -0.256. The molecule has 2 aromatic rings. The SMILES string of the molecule is CC(C)(C)[S@@+]([O-])NC(CC(=O)O)c1ccc(-c2ccc(F)cc2F)s1. The fraction of sp³-hybridized carbons (Fsp3) is 0.353. The van der Waals surface area contributed by atoms with E-state index >= 15 is 0 Å². The topological polar surface area (TPSA) is 72.4 Å². The summed E-state index contributed by atoms with van der Waals surface area (Å²) in [4.78, 5) is 12.3. The fourth-order valence-electron chi connectivity index (χ4n) is 2.06. The molecule has 8 heteroatoms. The zero-order valence-electron chi connectivity index (χ0n) is 14.0. The molecule has 1 aromatic carbocycles. The second-order valence-corrected chi connectivity index (χ2v) is 9.59. The first-order valence-electron chi connectivity index (χ1n) is 7.53. The zero-order chi connectivity index (χ0) is 18.8. The summed E-state index contributed by atoms with van der Waals surface area (Å²) >= 11 is -0.271. The predicted molar refractivity (Wildman–Crippen MR) is 95.7 cm³/mol. The maximum absolute atomic E-state index is 13.9. The Balaban J connectivity index is 2.29. The van der Waals surface area contributed by atoms with Crippen LogP contribution in [0.4, 0.5) is 8.78 Å². The average Bonchev–Trinajstić information content (AvgIpc) is 2.94. The molecule has 0 bridgehead atoms. The monoisotopic (exact) mass is 387 g/mol. The molecule has 1 aromatic heterocycles. The van der Waals surface area contributed by atoms with Crippen LogP contribution in [0.2, 0.25) is 0 Å². The van der Waals surface area contributed by atoms with E-state index in [1.54, 1.807) is 32.9 Å². The van der Waals surface area contributed by atoms with E-state index in [9.17, 15) is 18.1 Å². The second kappa shape index (κ2) is 7.82. The van der Waals surface area contributed by atoms with Gasteiger partial charge in [-0.05, 0) is 45.0 Å². The normalized spacial score (nSPS) is 14.3. The zero-order valence-corrected chi connectivity index (χ0v) is 15.6. The Morgan fingerprint density at radius 2 is 2.00 bits per heavy atom. The van der Waals surface area contributed by atoms with Gasteiger partial charge in [0.05, 0.1) is 12.5 Å². The Morgan fingerprint density at radius 1 is 1.32 bits per heavy atom. The number of hydrogen-bond donors (Lipinski definition) is 2. The number of carboxylic acid groups (broad SMARTS) is 1. The standard InChI is InChI=1S/C17H19F2NO3S2/c1-17(2,3)25(23)20-13(9-16(21)22)15-7-6-14(24-15)11-5-4-10(18)8-12(11)19/h4-8,13,20H,9H2,1-3H3,(H,21,22)/t13?,25-/m1/s1. The lowest BCUT2D eigenvalue weighted by Gasteiger charge is -2.27. The molecule has 4 nitrogen and oxygen atoms in total. The largest absolute Gasteiger partial charge is 0.598 e. The number of rotatable bonds is 6. The molecule has 136 valence electrons. The first-order valence-corrected chi connectivity index (χ1v) is 9.49. The van der Waals surface area contributed by atoms with Crippen molar-refractivity contribution in [3.05, 3.63) is 46.8 Å². The van der Waals surface area contributed by atoms with Gasteiger partial charge in [0.25, 0.3) is 0 Å². The molecule has 0 saturated heterocycles. The minimum Gasteiger partial charge on any atom is -0.598 e. The number of aliphatic carboxylic acids is 1. The van der Waals surface area contributed by atoms with Gasteiger partial charge in [-0.3, -0.25) is 4.79 Å². The Labute approximate surface area is 152 Å². The highest BCUT2D eigenvalue weighted by Crippen LogP contribution is 2.35. The molecule has 0 spiro atoms. The van der Waals surface area contributed by atoms with E-state index in [2.05, 4.69) is 4.72 Å². The van der Waals surface area contributed by atoms with Crippen LogP contribution < -0.4 is 4.72 Å². The Kier molecular flexibility index (Phi) is 6.21. The highest BCUT2D eigenvalue weighted by Gasteiger charge is 2.31. The van der Waals surface area contributed by atoms with Crippen LogP contribution in [0, 0.1) is 11.6 Å². The molecule has 0 aliphatic carbocycles. The van der Waals surface area contributed by atoms with Gasteiger partial charge < -0.3 is 9.66 Å². The average molecular weight is 387 g/mol. The second-order valence-electron chi connectivity index (χ2n) is 6.48. The molecule has 25 heavy (non-hydrogen) atoms. The van der Waals surface area contributed by atoms with Crippen LogP contribution >= 0.6 is 11.3 Å². The van der Waals surface area contributed by atoms with E-state index in [-0.39, 0.29) is 12.0 Å². The van der Waals surface area contributed by atoms with Crippen LogP contribution in [0.5, 0.6) is 0 Å². The number of halogens is 2. The van der Waals surface area contributed by atoms with Gasteiger partial charge in [0.15, 0.2) is 0 Å². The van der Waals surface area contributed by atoms with E-state index in [0.29, 0.717) is 9.75 Å². The number of nitrogens with one attached hydrogen (secondary N) is 1. The van der Waals surface area contributed by atoms with Gasteiger partial charge in [-0.1, -0.05) is 0 Å². The van der Waals surface area contributed by atoms with Gasteiger partial charge >= 0.3 is 5.97 Å². The minimum atomic E-state index is -1.46. The molecule has 0 aliphatic heterocycles. The third-order valence-corrected chi connectivity index (χ3v) is 6.19. The van der Waals surface area contributed by atoms with Crippen LogP contribution in [0.1, 0.15) is 38.1 Å². The van der Waals surface area contributed by atoms with E-state index in [0.717, 1.165) is 6.07 Å². The summed E-state index contributed by atoms with van der Waals surface area (Å²) in [5.41, 5.74) is 0.240. The van der Waals surface area contributed by atoms with Crippen molar-refractivity contribution in [3.63, 3.8) is 0 Å². The summed E-state index contributed by atoms with van der Waals surface area (Å²) in [5, 5.41) is 9.12. The van der Waals surface area contributed by atoms with Gasteiger partial charge in [-0.15, -0.1) is 16.1 Å². The quantitative estimate of drug-likeness (QED) is 0.727. The lowest BCUT2D eigenvalue weighted by molar-refractivity contribution is -0.137. The maximum atomic E-state index is 13.9. The first kappa shape index (κ1) is 19.8. The molecule has 0 saturated carbocycles. The van der Waals surface area contributed by atoms with E-state index in [4.69, 9.17) is 5.11 Å². The predicted octanol–water partition coefficient (Wildman–Crippen LogP) is 4.26. The summed E-state index contributed by atoms with van der Waals surface area (Å²) in [7, 11) is 0. The number of carbonyl (C=O) groups is 1. The van der Waals surface area contributed by atoms with E-state index in [1.807, 2.05) is 0 Å². The summed E-state index contributed by atoms with van der Waals surface area (Å²) in [6, 6.07) is 5.96. The molecule has 0 aliphatic rings. The fourth-order valence-corrected chi connectivity index (χ4v) is 4.04. The highest BCUT2D eigenvalue weighted by atomic mass is 32.2. The molecule has 1 heterocycles. The van der Waals surface area contributed by atoms with Gasteiger partial charge in [-0.2, -0.15) is 0 Å². The Bertz CT molecular complexity index is 759. The first-order chi connectivity index (χ1) is 11.6. The number of benzene rings is 1. The summed E-state index contributed by atoms with van der Waals surface area (Å²) in [6.45, 7) is 5.34. The molecule has 0 fully saturated rings. The van der Waals surface area contributed by atoms with Crippen molar-refractivity contribution < 1.29 is 23.2 Å². The van der Waals surface area contributed by atoms with Crippen LogP contribution in [0.25, 0.3) is 10.4 Å². The molecule has 0 amide bonds. The van der Waals surface area contributed by atoms with Gasteiger partial charge in [0.1, 0.15) is 16.4 Å². The van der Waals surface area contributed by atoms with Crippen molar-refractivity contribution >= 4 is 28.7 Å². The molecule has 2 atom stereocenters. The lowest BCUT2D eigenvalue weighted by Crippen LogP contribution is -2.41. The lowest BCUT2D eigenvalue weighted by atomic mass is 10.1. The van der Waals surface area contributed by atoms with E-state index < -0.39 is 39.8 Å². The van der Waals surface area contributed by atoms with Gasteiger partial charge in [0.2, 0.25) is 0 Å². The maximum Gasteiger partial charge on any atom is 0.305 e. The van der Waals surface area contributed by atoms with Crippen LogP contribution in [0.15, 0.2) is 30.3 Å². The third kappa shape index (κ3) is 5.24. The van der Waals surface area contributed by atoms with Crippen molar-refractivity contribution in [2.75, 3.05) is 0 Å². The number of carboxylic acids is 1. The molecule has 2 rings (SSSR count). The van der Waals surface area contributed by atoms with Crippen molar-refractivity contribution in [2.24, 2.45) is 0 Å². The molecule has 1 unspecified atom stereocenters. The van der Waals surface area contributed by atoms with Crippen molar-refractivity contribution in [1.29, 1.82) is 0 Å². The molecular weight excluding hydrogens is 368 g/mol. The van der Waals surface area contributed by atoms with Crippen molar-refractivity contribution in [1.82, 2.24) is 4.72 Å². The van der Waals surface area contributed by atoms with E-state index in [1.165, 1.54) is 23.5 Å². The summed E-state index contributed by atoms with van der Waals surface area (Å²) in [5.74, 6) is -2.38. The van der Waals surface area contributed by atoms with Crippen LogP contribution in [0.3, 0.4) is 0 Å². The number of thiophene rings is 1. The number of hydrogen-bond acceptors (Lipinski definition) is 4. The highest BCUT2D eigenvalue weighted by molar-refractivity contribution is 7.90. The Hall–Kier alpha value is -1.48. The Morgan fingerprint density at radius 3 is 2.56 bits per heavy atom. The summed E-state index contributed by atoms with van der Waals surface area (Å²) < 4.78 is 41.6. The van der Waals surface area contributed by atoms with Crippen molar-refractivity contribution in [3.8, 4) is 10.4 Å². The van der Waals surface area contributed by atoms with Crippen LogP contribution in [-0.4, -0.2) is 20.4 Å².